The van der Waals surface area contributed by atoms with Crippen LogP contribution < -0.4 is 0 Å². The third-order valence-corrected chi connectivity index (χ3v) is 1.99. The van der Waals surface area contributed by atoms with Gasteiger partial charge in [0.15, 0.2) is 11.6 Å². The van der Waals surface area contributed by atoms with Crippen LogP contribution in [-0.4, -0.2) is 5.78 Å². The lowest BCUT2D eigenvalue weighted by Crippen LogP contribution is -2.20. The van der Waals surface area contributed by atoms with Crippen molar-refractivity contribution in [1.82, 2.24) is 0 Å². The molecule has 0 saturated heterocycles. The maximum absolute atomic E-state index is 13.5. The number of hydrogen-bond donors (Lipinski definition) is 0. The number of hydrogen-bond acceptors (Lipinski definition) is 1. The summed E-state index contributed by atoms with van der Waals surface area (Å²) in [6.07, 6.45) is 1.27. The summed E-state index contributed by atoms with van der Waals surface area (Å²) in [4.78, 5) is 11.5. The van der Waals surface area contributed by atoms with Gasteiger partial charge in [-0.05, 0) is 11.6 Å². The fourth-order valence-corrected chi connectivity index (χ4v) is 1.12. The van der Waals surface area contributed by atoms with Crippen LogP contribution in [0.3, 0.4) is 0 Å². The van der Waals surface area contributed by atoms with E-state index in [-0.39, 0.29) is 0 Å². The Morgan fingerprint density at radius 2 is 1.73 bits per heavy atom. The predicted octanol–water partition coefficient (Wildman–Crippen LogP) is 3.61. The number of Topliss-reactive ketones (excluding diaryl/α,β-unsaturated/α-hetero) is 1. The third-order valence-electron chi connectivity index (χ3n) is 1.99. The van der Waals surface area contributed by atoms with Gasteiger partial charge in [0.1, 0.15) is 0 Å². The number of benzene rings is 1. The van der Waals surface area contributed by atoms with Gasteiger partial charge >= 0.3 is 0 Å². The van der Waals surface area contributed by atoms with E-state index in [4.69, 9.17) is 0 Å². The first-order chi connectivity index (χ1) is 6.91. The summed E-state index contributed by atoms with van der Waals surface area (Å²) in [5, 5.41) is 0. The molecule has 0 aromatic heterocycles. The zero-order chi connectivity index (χ0) is 11.5. The molecule has 0 amide bonds. The average Bonchev–Trinajstić information content (AvgIpc) is 2.16. The first kappa shape index (κ1) is 11.6. The summed E-state index contributed by atoms with van der Waals surface area (Å²) in [6, 6.07) is 8.98. The van der Waals surface area contributed by atoms with Gasteiger partial charge in [-0.1, -0.05) is 51.1 Å². The third kappa shape index (κ3) is 3.31. The standard InChI is InChI=1S/C13H15FO/c1-13(2,3)12(15)11(14)9-10-7-5-4-6-8-10/h4-9H,1-3H3/b11-9-. The van der Waals surface area contributed by atoms with Crippen molar-refractivity contribution in [2.45, 2.75) is 20.8 Å². The van der Waals surface area contributed by atoms with E-state index in [0.29, 0.717) is 5.56 Å². The summed E-state index contributed by atoms with van der Waals surface area (Å²) in [7, 11) is 0. The molecular formula is C13H15FO. The van der Waals surface area contributed by atoms with Crippen molar-refractivity contribution in [2.24, 2.45) is 5.41 Å². The Hall–Kier alpha value is -1.44. The molecule has 1 nitrogen and oxygen atoms in total. The normalized spacial score (nSPS) is 12.7. The van der Waals surface area contributed by atoms with Crippen LogP contribution >= 0.6 is 0 Å². The first-order valence-corrected chi connectivity index (χ1v) is 4.88. The zero-order valence-electron chi connectivity index (χ0n) is 9.25. The highest BCUT2D eigenvalue weighted by Crippen LogP contribution is 2.22. The van der Waals surface area contributed by atoms with E-state index in [0.717, 1.165) is 0 Å². The zero-order valence-corrected chi connectivity index (χ0v) is 9.25. The molecule has 0 fully saturated rings. The highest BCUT2D eigenvalue weighted by molar-refractivity contribution is 6.00. The van der Waals surface area contributed by atoms with Gasteiger partial charge in [-0.15, -0.1) is 0 Å². The monoisotopic (exact) mass is 206 g/mol. The summed E-state index contributed by atoms with van der Waals surface area (Å²) < 4.78 is 13.5. The van der Waals surface area contributed by atoms with Crippen LogP contribution in [0.5, 0.6) is 0 Å². The van der Waals surface area contributed by atoms with Crippen LogP contribution in [0.15, 0.2) is 36.2 Å². The highest BCUT2D eigenvalue weighted by Gasteiger charge is 2.24. The Morgan fingerprint density at radius 1 is 1.20 bits per heavy atom. The Balaban J connectivity index is 2.91. The second-order valence-electron chi connectivity index (χ2n) is 4.48. The maximum Gasteiger partial charge on any atom is 0.196 e. The van der Waals surface area contributed by atoms with Crippen LogP contribution in [0.25, 0.3) is 6.08 Å². The van der Waals surface area contributed by atoms with Gasteiger partial charge in [0.05, 0.1) is 0 Å². The Bertz CT molecular complexity index is 371. The van der Waals surface area contributed by atoms with Gasteiger partial charge in [0.2, 0.25) is 0 Å². The summed E-state index contributed by atoms with van der Waals surface area (Å²) in [5.41, 5.74) is 0.0302. The van der Waals surface area contributed by atoms with Gasteiger partial charge in [0, 0.05) is 5.41 Å². The summed E-state index contributed by atoms with van der Waals surface area (Å²) in [6.45, 7) is 5.11. The van der Waals surface area contributed by atoms with E-state index in [1.54, 1.807) is 45.0 Å². The van der Waals surface area contributed by atoms with E-state index < -0.39 is 17.0 Å². The molecular weight excluding hydrogens is 191 g/mol. The van der Waals surface area contributed by atoms with Crippen molar-refractivity contribution in [1.29, 1.82) is 0 Å². The largest absolute Gasteiger partial charge is 0.291 e. The van der Waals surface area contributed by atoms with E-state index in [2.05, 4.69) is 0 Å². The number of allylic oxidation sites excluding steroid dienone is 1. The van der Waals surface area contributed by atoms with Crippen molar-refractivity contribution in [3.8, 4) is 0 Å². The molecule has 0 aliphatic rings. The lowest BCUT2D eigenvalue weighted by atomic mass is 9.89. The molecule has 0 aliphatic carbocycles. The molecule has 80 valence electrons. The van der Waals surface area contributed by atoms with E-state index in [1.807, 2.05) is 6.07 Å². The van der Waals surface area contributed by atoms with Crippen molar-refractivity contribution in [2.75, 3.05) is 0 Å². The second kappa shape index (κ2) is 4.39. The molecule has 0 atom stereocenters. The number of ketones is 1. The fourth-order valence-electron chi connectivity index (χ4n) is 1.12. The number of rotatable bonds is 2. The SMILES string of the molecule is CC(C)(C)C(=O)/C(F)=C/c1ccccc1. The van der Waals surface area contributed by atoms with Crippen LogP contribution in [0.2, 0.25) is 0 Å². The lowest BCUT2D eigenvalue weighted by Gasteiger charge is -2.14. The summed E-state index contributed by atoms with van der Waals surface area (Å²) >= 11 is 0. The second-order valence-corrected chi connectivity index (χ2v) is 4.48. The quantitative estimate of drug-likeness (QED) is 0.675. The van der Waals surface area contributed by atoms with Crippen LogP contribution in [0.4, 0.5) is 4.39 Å². The molecule has 0 saturated carbocycles. The minimum Gasteiger partial charge on any atom is -0.291 e. The average molecular weight is 206 g/mol. The van der Waals surface area contributed by atoms with Crippen molar-refractivity contribution >= 4 is 11.9 Å². The Labute approximate surface area is 89.6 Å². The lowest BCUT2D eigenvalue weighted by molar-refractivity contribution is -0.123. The van der Waals surface area contributed by atoms with Gasteiger partial charge in [-0.3, -0.25) is 4.79 Å². The van der Waals surface area contributed by atoms with Crippen LogP contribution in [0.1, 0.15) is 26.3 Å². The first-order valence-electron chi connectivity index (χ1n) is 4.88. The van der Waals surface area contributed by atoms with Gasteiger partial charge in [0.25, 0.3) is 0 Å². The minimum absolute atomic E-state index is 0.466. The van der Waals surface area contributed by atoms with Gasteiger partial charge in [-0.25, -0.2) is 4.39 Å². The molecule has 1 aromatic carbocycles. The van der Waals surface area contributed by atoms with Gasteiger partial charge in [-0.2, -0.15) is 0 Å². The molecule has 0 bridgehead atoms. The van der Waals surface area contributed by atoms with E-state index in [9.17, 15) is 9.18 Å². The van der Waals surface area contributed by atoms with E-state index >= 15 is 0 Å². The van der Waals surface area contributed by atoms with Crippen LogP contribution in [-0.2, 0) is 4.79 Å². The van der Waals surface area contributed by atoms with Gasteiger partial charge < -0.3 is 0 Å². The van der Waals surface area contributed by atoms with E-state index in [1.165, 1.54) is 6.08 Å². The fraction of sp³-hybridized carbons (Fsp3) is 0.308. The molecule has 0 N–H and O–H groups in total. The maximum atomic E-state index is 13.5. The topological polar surface area (TPSA) is 17.1 Å². The molecule has 0 heterocycles. The van der Waals surface area contributed by atoms with Crippen molar-refractivity contribution in [3.63, 3.8) is 0 Å². The Kier molecular flexibility index (Phi) is 3.40. The molecule has 15 heavy (non-hydrogen) atoms. The highest BCUT2D eigenvalue weighted by atomic mass is 19.1. The molecule has 1 aromatic rings. The molecule has 2 heteroatoms. The molecule has 0 radical (unpaired) electrons. The number of carbonyl (C=O) groups excluding carboxylic acids is 1. The Morgan fingerprint density at radius 3 is 2.20 bits per heavy atom. The molecule has 1 rings (SSSR count). The predicted molar refractivity (Wildman–Crippen MR) is 60.0 cm³/mol. The van der Waals surface area contributed by atoms with Crippen LogP contribution in [0, 0.1) is 5.41 Å². The van der Waals surface area contributed by atoms with Crippen molar-refractivity contribution in [3.05, 3.63) is 41.7 Å². The van der Waals surface area contributed by atoms with Crippen molar-refractivity contribution < 1.29 is 9.18 Å². The summed E-state index contributed by atoms with van der Waals surface area (Å²) in [5.74, 6) is -1.15. The number of carbonyl (C=O) groups is 1. The smallest absolute Gasteiger partial charge is 0.196 e. The molecule has 0 unspecified atom stereocenters. The minimum atomic E-state index is -0.686. The molecule has 0 spiro atoms. The number of halogens is 1. The molecule has 0 aliphatic heterocycles.